The minimum absolute atomic E-state index is 0.0804. The molecule has 4 nitrogen and oxygen atoms in total. The lowest BCUT2D eigenvalue weighted by Gasteiger charge is -2.15. The number of carbonyl (C=O) groups is 2. The molecule has 1 N–H and O–H groups in total. The molecule has 1 unspecified atom stereocenters. The third-order valence-electron chi connectivity index (χ3n) is 6.77. The highest BCUT2D eigenvalue weighted by atomic mass is 16.5. The van der Waals surface area contributed by atoms with Crippen molar-refractivity contribution in [2.75, 3.05) is 0 Å². The minimum Gasteiger partial charge on any atom is -0.481 e. The Kier molecular flexibility index (Phi) is 28.8. The number of carbonyl (C=O) groups excluding carboxylic acids is 1. The molecule has 0 saturated carbocycles. The predicted octanol–water partition coefficient (Wildman–Crippen LogP) is 10.8. The largest absolute Gasteiger partial charge is 0.481 e. The van der Waals surface area contributed by atoms with Gasteiger partial charge in [0.1, 0.15) is 6.10 Å². The molecule has 0 spiro atoms. The van der Waals surface area contributed by atoms with Gasteiger partial charge in [0.2, 0.25) is 0 Å². The molecule has 0 aromatic carbocycles. The topological polar surface area (TPSA) is 63.6 Å². The van der Waals surface area contributed by atoms with Crippen LogP contribution in [0, 0.1) is 0 Å². The quantitative estimate of drug-likeness (QED) is 0.0604. The molecule has 0 rings (SSSR count). The van der Waals surface area contributed by atoms with E-state index < -0.39 is 5.97 Å². The second-order valence-corrected chi connectivity index (χ2v) is 10.6. The summed E-state index contributed by atoms with van der Waals surface area (Å²) >= 11 is 0. The van der Waals surface area contributed by atoms with Crippen LogP contribution in [0.25, 0.3) is 0 Å². The van der Waals surface area contributed by atoms with Gasteiger partial charge in [-0.05, 0) is 76.7 Å². The van der Waals surface area contributed by atoms with E-state index in [4.69, 9.17) is 9.84 Å². The molecule has 0 radical (unpaired) electrons. The van der Waals surface area contributed by atoms with Crippen molar-refractivity contribution in [1.29, 1.82) is 0 Å². The highest BCUT2D eigenvalue weighted by Crippen LogP contribution is 2.15. The summed E-state index contributed by atoms with van der Waals surface area (Å²) in [6.07, 6.45) is 40.0. The molecule has 0 saturated heterocycles. The number of rotatable bonds is 28. The summed E-state index contributed by atoms with van der Waals surface area (Å²) in [6.45, 7) is 4.36. The van der Waals surface area contributed by atoms with E-state index in [-0.39, 0.29) is 18.5 Å². The van der Waals surface area contributed by atoms with E-state index in [1.54, 1.807) is 0 Å². The number of aliphatic carboxylic acids is 1. The number of hydrogen-bond acceptors (Lipinski definition) is 3. The van der Waals surface area contributed by atoms with Gasteiger partial charge in [0.25, 0.3) is 0 Å². The summed E-state index contributed by atoms with van der Waals surface area (Å²) in [5.74, 6) is -0.807. The van der Waals surface area contributed by atoms with Gasteiger partial charge in [-0.2, -0.15) is 0 Å². The first kappa shape index (κ1) is 36.9. The molecule has 0 bridgehead atoms. The summed E-state index contributed by atoms with van der Waals surface area (Å²) < 4.78 is 5.80. The molecule has 39 heavy (non-hydrogen) atoms. The van der Waals surface area contributed by atoms with Crippen LogP contribution in [0.3, 0.4) is 0 Å². The van der Waals surface area contributed by atoms with Crippen LogP contribution in [-0.4, -0.2) is 23.1 Å². The van der Waals surface area contributed by atoms with Crippen LogP contribution in [0.4, 0.5) is 0 Å². The molecular formula is C35H60O4. The van der Waals surface area contributed by atoms with E-state index in [0.717, 1.165) is 70.6 Å². The number of hydrogen-bond donors (Lipinski definition) is 1. The van der Waals surface area contributed by atoms with Crippen LogP contribution >= 0.6 is 0 Å². The van der Waals surface area contributed by atoms with E-state index in [1.165, 1.54) is 57.8 Å². The van der Waals surface area contributed by atoms with Crippen LogP contribution < -0.4 is 0 Å². The Hall–Kier alpha value is -2.10. The van der Waals surface area contributed by atoms with Crippen molar-refractivity contribution in [2.45, 2.75) is 161 Å². The maximum atomic E-state index is 12.4. The number of carboxylic acid groups (broad SMARTS) is 1. The molecule has 224 valence electrons. The van der Waals surface area contributed by atoms with Gasteiger partial charge in [0, 0.05) is 12.8 Å². The van der Waals surface area contributed by atoms with Gasteiger partial charge in [-0.3, -0.25) is 9.59 Å². The summed E-state index contributed by atoms with van der Waals surface area (Å²) in [7, 11) is 0. The van der Waals surface area contributed by atoms with E-state index in [0.29, 0.717) is 6.42 Å². The van der Waals surface area contributed by atoms with Gasteiger partial charge < -0.3 is 9.84 Å². The summed E-state index contributed by atoms with van der Waals surface area (Å²) in [5.41, 5.74) is 0. The first-order valence-corrected chi connectivity index (χ1v) is 16.1. The normalized spacial score (nSPS) is 12.9. The zero-order chi connectivity index (χ0) is 28.7. The summed E-state index contributed by atoms with van der Waals surface area (Å²) in [5, 5.41) is 8.76. The second kappa shape index (κ2) is 30.4. The lowest BCUT2D eigenvalue weighted by molar-refractivity contribution is -0.147. The minimum atomic E-state index is -0.727. The predicted molar refractivity (Wildman–Crippen MR) is 167 cm³/mol. The van der Waals surface area contributed by atoms with Gasteiger partial charge in [-0.1, -0.05) is 114 Å². The van der Waals surface area contributed by atoms with Crippen LogP contribution in [0.2, 0.25) is 0 Å². The fourth-order valence-corrected chi connectivity index (χ4v) is 4.40. The second-order valence-electron chi connectivity index (χ2n) is 10.6. The van der Waals surface area contributed by atoms with Crippen LogP contribution in [-0.2, 0) is 14.3 Å². The standard InChI is InChI=1S/C35H60O4/c1-3-5-7-9-10-11-12-13-14-15-16-17-18-19-20-22-28-32-35(38)39-33(29-25-21-8-6-4-2)30-26-23-24-27-31-34(36)37/h5,7,10-11,13-14,25,29,33H,3-4,6,8-9,12,15-24,26-28,30-32H2,1-2H3,(H,36,37)/b7-5-,11-10-,14-13-,29-25-. The van der Waals surface area contributed by atoms with Crippen molar-refractivity contribution < 1.29 is 19.4 Å². The lowest BCUT2D eigenvalue weighted by Crippen LogP contribution is -2.16. The average Bonchev–Trinajstić information content (AvgIpc) is 2.91. The molecule has 0 aliphatic rings. The zero-order valence-corrected chi connectivity index (χ0v) is 25.4. The Bertz CT molecular complexity index is 674. The van der Waals surface area contributed by atoms with Gasteiger partial charge in [-0.25, -0.2) is 0 Å². The maximum Gasteiger partial charge on any atom is 0.306 e. The molecule has 0 aliphatic carbocycles. The Labute approximate surface area is 241 Å². The van der Waals surface area contributed by atoms with E-state index in [9.17, 15) is 9.59 Å². The van der Waals surface area contributed by atoms with Crippen molar-refractivity contribution in [3.05, 3.63) is 48.6 Å². The van der Waals surface area contributed by atoms with Crippen molar-refractivity contribution in [1.82, 2.24) is 0 Å². The third kappa shape index (κ3) is 30.3. The Morgan fingerprint density at radius 1 is 0.615 bits per heavy atom. The molecule has 0 aromatic heterocycles. The summed E-state index contributed by atoms with van der Waals surface area (Å²) in [6, 6.07) is 0. The first-order chi connectivity index (χ1) is 19.1. The molecule has 1 atom stereocenters. The fourth-order valence-electron chi connectivity index (χ4n) is 4.40. The van der Waals surface area contributed by atoms with E-state index >= 15 is 0 Å². The van der Waals surface area contributed by atoms with Crippen LogP contribution in [0.15, 0.2) is 48.6 Å². The highest BCUT2D eigenvalue weighted by Gasteiger charge is 2.11. The van der Waals surface area contributed by atoms with Crippen LogP contribution in [0.1, 0.15) is 155 Å². The number of esters is 1. The Balaban J connectivity index is 3.90. The molecule has 0 heterocycles. The van der Waals surface area contributed by atoms with Gasteiger partial charge in [0.05, 0.1) is 0 Å². The Morgan fingerprint density at radius 2 is 1.15 bits per heavy atom. The molecule has 0 aliphatic heterocycles. The highest BCUT2D eigenvalue weighted by molar-refractivity contribution is 5.69. The first-order valence-electron chi connectivity index (χ1n) is 16.1. The molecule has 4 heteroatoms. The molecular weight excluding hydrogens is 484 g/mol. The van der Waals surface area contributed by atoms with Gasteiger partial charge >= 0.3 is 11.9 Å². The molecule has 0 aromatic rings. The molecule has 0 fully saturated rings. The van der Waals surface area contributed by atoms with E-state index in [1.807, 2.05) is 0 Å². The number of carboxylic acids is 1. The maximum absolute atomic E-state index is 12.4. The SMILES string of the molecule is CC/C=C\C/C=C\C/C=C\CCCCCCCCCC(=O)OC(/C=C\CCCCC)CCCCCCC(=O)O. The van der Waals surface area contributed by atoms with Crippen molar-refractivity contribution in [3.63, 3.8) is 0 Å². The van der Waals surface area contributed by atoms with Crippen molar-refractivity contribution in [3.8, 4) is 0 Å². The van der Waals surface area contributed by atoms with Crippen molar-refractivity contribution >= 4 is 11.9 Å². The molecule has 0 amide bonds. The summed E-state index contributed by atoms with van der Waals surface area (Å²) in [4.78, 5) is 23.1. The zero-order valence-electron chi connectivity index (χ0n) is 25.4. The lowest BCUT2D eigenvalue weighted by atomic mass is 10.1. The van der Waals surface area contributed by atoms with Crippen molar-refractivity contribution in [2.24, 2.45) is 0 Å². The number of ether oxygens (including phenoxy) is 1. The third-order valence-corrected chi connectivity index (χ3v) is 6.77. The smallest absolute Gasteiger partial charge is 0.306 e. The van der Waals surface area contributed by atoms with Gasteiger partial charge in [-0.15, -0.1) is 0 Å². The number of allylic oxidation sites excluding steroid dienone is 7. The average molecular weight is 545 g/mol. The monoisotopic (exact) mass is 544 g/mol. The fraction of sp³-hybridized carbons (Fsp3) is 0.714. The Morgan fingerprint density at radius 3 is 1.82 bits per heavy atom. The van der Waals surface area contributed by atoms with Crippen LogP contribution in [0.5, 0.6) is 0 Å². The van der Waals surface area contributed by atoms with Gasteiger partial charge in [0.15, 0.2) is 0 Å². The van der Waals surface area contributed by atoms with E-state index in [2.05, 4.69) is 62.5 Å². The number of unbranched alkanes of at least 4 members (excludes halogenated alkanes) is 13.